The number of rotatable bonds is 4. The third-order valence-electron chi connectivity index (χ3n) is 2.85. The van der Waals surface area contributed by atoms with Crippen molar-refractivity contribution >= 4 is 34.6 Å². The lowest BCUT2D eigenvalue weighted by Gasteiger charge is -2.08. The summed E-state index contributed by atoms with van der Waals surface area (Å²) < 4.78 is 15.1. The molecular formula is C12H10Cl2FN3O2. The van der Waals surface area contributed by atoms with E-state index in [4.69, 9.17) is 23.2 Å². The number of hydrogen-bond donors (Lipinski definition) is 1. The van der Waals surface area contributed by atoms with Crippen LogP contribution in [0.15, 0.2) is 24.3 Å². The second-order valence-electron chi connectivity index (χ2n) is 4.08. The fraction of sp³-hybridized carbons (Fsp3) is 0.167. The molecule has 0 fully saturated rings. The lowest BCUT2D eigenvalue weighted by molar-refractivity contribution is -0.386. The van der Waals surface area contributed by atoms with Crippen molar-refractivity contribution in [1.82, 2.24) is 4.57 Å². The van der Waals surface area contributed by atoms with E-state index in [1.165, 1.54) is 12.1 Å². The first-order valence-electron chi connectivity index (χ1n) is 5.58. The van der Waals surface area contributed by atoms with E-state index < -0.39 is 16.4 Å². The molecule has 5 nitrogen and oxygen atoms in total. The summed E-state index contributed by atoms with van der Waals surface area (Å²) in [5.41, 5.74) is 0.237. The van der Waals surface area contributed by atoms with Crippen LogP contribution < -0.4 is 5.32 Å². The van der Waals surface area contributed by atoms with Crippen molar-refractivity contribution in [3.05, 3.63) is 56.1 Å². The van der Waals surface area contributed by atoms with Crippen LogP contribution in [0.25, 0.3) is 0 Å². The van der Waals surface area contributed by atoms with Gasteiger partial charge in [0, 0.05) is 12.7 Å². The highest BCUT2D eigenvalue weighted by Gasteiger charge is 2.20. The number of anilines is 1. The molecule has 20 heavy (non-hydrogen) atoms. The summed E-state index contributed by atoms with van der Waals surface area (Å²) in [7, 11) is 1.71. The van der Waals surface area contributed by atoms with Gasteiger partial charge in [-0.1, -0.05) is 29.3 Å². The molecule has 0 radical (unpaired) electrons. The van der Waals surface area contributed by atoms with E-state index in [1.807, 2.05) is 0 Å². The van der Waals surface area contributed by atoms with Crippen molar-refractivity contribution in [1.29, 1.82) is 0 Å². The van der Waals surface area contributed by atoms with Gasteiger partial charge in [0.2, 0.25) is 5.82 Å². The number of halogens is 3. The molecule has 1 N–H and O–H groups in total. The minimum Gasteiger partial charge on any atom is -0.374 e. The van der Waals surface area contributed by atoms with Crippen molar-refractivity contribution in [2.75, 3.05) is 5.32 Å². The Balaban J connectivity index is 2.25. The molecule has 0 atom stereocenters. The van der Waals surface area contributed by atoms with E-state index in [0.29, 0.717) is 10.2 Å². The largest absolute Gasteiger partial charge is 0.374 e. The van der Waals surface area contributed by atoms with E-state index >= 15 is 0 Å². The number of benzene rings is 1. The highest BCUT2D eigenvalue weighted by Crippen LogP contribution is 2.29. The lowest BCUT2D eigenvalue weighted by atomic mass is 10.2. The van der Waals surface area contributed by atoms with Crippen LogP contribution in [0.4, 0.5) is 15.8 Å². The first-order valence-corrected chi connectivity index (χ1v) is 6.33. The van der Waals surface area contributed by atoms with Gasteiger partial charge in [-0.2, -0.15) is 4.39 Å². The topological polar surface area (TPSA) is 60.1 Å². The van der Waals surface area contributed by atoms with E-state index in [2.05, 4.69) is 5.32 Å². The summed E-state index contributed by atoms with van der Waals surface area (Å²) in [5, 5.41) is 14.4. The van der Waals surface area contributed by atoms with Crippen LogP contribution in [0.5, 0.6) is 0 Å². The number of hydrogen-bond acceptors (Lipinski definition) is 3. The maximum atomic E-state index is 13.4. The van der Waals surface area contributed by atoms with Gasteiger partial charge in [0.15, 0.2) is 0 Å². The highest BCUT2D eigenvalue weighted by atomic mass is 35.5. The van der Waals surface area contributed by atoms with Gasteiger partial charge in [-0.3, -0.25) is 10.1 Å². The minimum absolute atomic E-state index is 0.100. The normalized spacial score (nSPS) is 10.6. The average molecular weight is 318 g/mol. The molecule has 0 saturated carbocycles. The van der Waals surface area contributed by atoms with Gasteiger partial charge in [-0.25, -0.2) is 0 Å². The number of nitrogens with zero attached hydrogens (tertiary/aromatic N) is 2. The molecule has 0 aliphatic heterocycles. The smallest absolute Gasteiger partial charge is 0.327 e. The first-order chi connectivity index (χ1) is 9.41. The summed E-state index contributed by atoms with van der Waals surface area (Å²) >= 11 is 11.8. The molecule has 1 heterocycles. The Morgan fingerprint density at radius 3 is 2.70 bits per heavy atom. The molecular weight excluding hydrogens is 308 g/mol. The Labute approximate surface area is 124 Å². The van der Waals surface area contributed by atoms with Gasteiger partial charge in [-0.15, -0.1) is 0 Å². The van der Waals surface area contributed by atoms with E-state index in [0.717, 1.165) is 11.8 Å². The third-order valence-corrected chi connectivity index (χ3v) is 3.69. The number of nitro groups is 1. The predicted octanol–water partition coefficient (Wildman–Crippen LogP) is 3.99. The van der Waals surface area contributed by atoms with Gasteiger partial charge in [0.25, 0.3) is 0 Å². The molecule has 0 bridgehead atoms. The van der Waals surface area contributed by atoms with Crippen LogP contribution in [0.1, 0.15) is 5.69 Å². The molecule has 8 heteroatoms. The Morgan fingerprint density at radius 2 is 2.15 bits per heavy atom. The van der Waals surface area contributed by atoms with Gasteiger partial charge in [0.1, 0.15) is 10.8 Å². The highest BCUT2D eigenvalue weighted by molar-refractivity contribution is 6.41. The Bertz CT molecular complexity index is 673. The average Bonchev–Trinajstić information content (AvgIpc) is 2.63. The standard InChI is InChI=1S/C12H10Cl2FN3O2/c1-17-7(5-8(13)12(17)14)6-16-10-4-2-3-9(15)11(10)18(19)20/h2-5,16H,6H2,1H3. The van der Waals surface area contributed by atoms with E-state index in [9.17, 15) is 14.5 Å². The lowest BCUT2D eigenvalue weighted by Crippen LogP contribution is -2.07. The third kappa shape index (κ3) is 2.71. The van der Waals surface area contributed by atoms with E-state index in [1.54, 1.807) is 17.7 Å². The second-order valence-corrected chi connectivity index (χ2v) is 4.85. The van der Waals surface area contributed by atoms with Crippen molar-refractivity contribution < 1.29 is 9.31 Å². The number of nitro benzene ring substituents is 1. The van der Waals surface area contributed by atoms with Gasteiger partial charge in [0.05, 0.1) is 16.5 Å². The Kier molecular flexibility index (Phi) is 4.15. The molecule has 2 rings (SSSR count). The molecule has 0 aliphatic rings. The zero-order chi connectivity index (χ0) is 14.9. The van der Waals surface area contributed by atoms with Crippen LogP contribution >= 0.6 is 23.2 Å². The van der Waals surface area contributed by atoms with Crippen LogP contribution in [0.3, 0.4) is 0 Å². The fourth-order valence-corrected chi connectivity index (χ4v) is 2.20. The summed E-state index contributed by atoms with van der Waals surface area (Å²) in [6.07, 6.45) is 0. The summed E-state index contributed by atoms with van der Waals surface area (Å²) in [6.45, 7) is 0.229. The van der Waals surface area contributed by atoms with Crippen LogP contribution in [-0.2, 0) is 13.6 Å². The minimum atomic E-state index is -0.886. The maximum Gasteiger partial charge on any atom is 0.327 e. The fourth-order valence-electron chi connectivity index (χ4n) is 1.79. The molecule has 106 valence electrons. The molecule has 0 saturated heterocycles. The number of aromatic nitrogens is 1. The molecule has 1 aromatic carbocycles. The van der Waals surface area contributed by atoms with Crippen LogP contribution in [0.2, 0.25) is 10.2 Å². The first kappa shape index (κ1) is 14.6. The number of nitrogens with one attached hydrogen (secondary N) is 1. The zero-order valence-corrected chi connectivity index (χ0v) is 11.9. The molecule has 0 amide bonds. The van der Waals surface area contributed by atoms with Crippen LogP contribution in [0, 0.1) is 15.9 Å². The number of para-hydroxylation sites is 1. The molecule has 0 unspecified atom stereocenters. The zero-order valence-electron chi connectivity index (χ0n) is 10.4. The van der Waals surface area contributed by atoms with Crippen molar-refractivity contribution in [3.63, 3.8) is 0 Å². The quantitative estimate of drug-likeness (QED) is 0.685. The molecule has 0 aliphatic carbocycles. The molecule has 2 aromatic rings. The summed E-state index contributed by atoms with van der Waals surface area (Å²) in [4.78, 5) is 10.1. The van der Waals surface area contributed by atoms with Crippen molar-refractivity contribution in [2.45, 2.75) is 6.54 Å². The van der Waals surface area contributed by atoms with Gasteiger partial charge in [-0.05, 0) is 18.2 Å². The predicted molar refractivity (Wildman–Crippen MR) is 75.8 cm³/mol. The van der Waals surface area contributed by atoms with Gasteiger partial charge >= 0.3 is 5.69 Å². The van der Waals surface area contributed by atoms with Gasteiger partial charge < -0.3 is 9.88 Å². The Morgan fingerprint density at radius 1 is 1.45 bits per heavy atom. The van der Waals surface area contributed by atoms with Crippen molar-refractivity contribution in [3.8, 4) is 0 Å². The molecule has 1 aromatic heterocycles. The SMILES string of the molecule is Cn1c(CNc2cccc(F)c2[N+](=O)[O-])cc(Cl)c1Cl. The van der Waals surface area contributed by atoms with Crippen LogP contribution in [-0.4, -0.2) is 9.49 Å². The van der Waals surface area contributed by atoms with Crippen molar-refractivity contribution in [2.24, 2.45) is 7.05 Å². The second kappa shape index (κ2) is 5.68. The van der Waals surface area contributed by atoms with E-state index in [-0.39, 0.29) is 12.2 Å². The summed E-state index contributed by atoms with van der Waals surface area (Å²) in [6, 6.07) is 5.52. The Hall–Kier alpha value is -1.79. The monoisotopic (exact) mass is 317 g/mol. The summed E-state index contributed by atoms with van der Waals surface area (Å²) in [5.74, 6) is -0.886. The molecule has 0 spiro atoms. The maximum absolute atomic E-state index is 13.4.